The van der Waals surface area contributed by atoms with Crippen molar-refractivity contribution in [3.05, 3.63) is 36.2 Å². The number of nitrogens with zero attached hydrogens (tertiary/aromatic N) is 4. The number of nitrogens with one attached hydrogen (secondary N) is 2. The van der Waals surface area contributed by atoms with Crippen LogP contribution in [0.15, 0.2) is 30.6 Å². The van der Waals surface area contributed by atoms with E-state index in [0.717, 1.165) is 25.2 Å². The van der Waals surface area contributed by atoms with E-state index in [1.165, 1.54) is 25.6 Å². The van der Waals surface area contributed by atoms with Gasteiger partial charge in [-0.05, 0) is 38.1 Å². The smallest absolute Gasteiger partial charge is 0.253 e. The monoisotopic (exact) mass is 426 g/mol. The fourth-order valence-electron chi connectivity index (χ4n) is 4.12. The number of benzene rings is 1. The first-order valence-electron chi connectivity index (χ1n) is 11.0. The Hall–Kier alpha value is -2.78. The van der Waals surface area contributed by atoms with Crippen molar-refractivity contribution in [2.24, 2.45) is 5.92 Å². The third-order valence-electron chi connectivity index (χ3n) is 5.92. The summed E-state index contributed by atoms with van der Waals surface area (Å²) in [5.74, 6) is 0.155. The SMILES string of the molecule is O=C(NCCN1CCCCC1)C1COCCN(C(=O)c2ccc(-c3ncn[nH]3)cc2)C1. The van der Waals surface area contributed by atoms with Crippen molar-refractivity contribution in [3.63, 3.8) is 0 Å². The van der Waals surface area contributed by atoms with Crippen LogP contribution in [0.4, 0.5) is 0 Å². The first-order valence-corrected chi connectivity index (χ1v) is 11.0. The fourth-order valence-corrected chi connectivity index (χ4v) is 4.12. The molecule has 2 amide bonds. The van der Waals surface area contributed by atoms with Crippen LogP contribution in [-0.4, -0.2) is 89.3 Å². The number of carbonyl (C=O) groups excluding carboxylic acids is 2. The number of hydrogen-bond acceptors (Lipinski definition) is 6. The Balaban J connectivity index is 1.31. The van der Waals surface area contributed by atoms with Gasteiger partial charge in [-0.15, -0.1) is 0 Å². The maximum Gasteiger partial charge on any atom is 0.253 e. The Morgan fingerprint density at radius 3 is 2.68 bits per heavy atom. The highest BCUT2D eigenvalue weighted by Gasteiger charge is 2.28. The molecule has 3 heterocycles. The van der Waals surface area contributed by atoms with Crippen LogP contribution in [0, 0.1) is 5.92 Å². The molecule has 0 aliphatic carbocycles. The first-order chi connectivity index (χ1) is 15.2. The zero-order chi connectivity index (χ0) is 21.5. The molecule has 0 spiro atoms. The quantitative estimate of drug-likeness (QED) is 0.719. The topological polar surface area (TPSA) is 103 Å². The van der Waals surface area contributed by atoms with Gasteiger partial charge >= 0.3 is 0 Å². The second-order valence-electron chi connectivity index (χ2n) is 8.13. The minimum Gasteiger partial charge on any atom is -0.379 e. The van der Waals surface area contributed by atoms with Gasteiger partial charge < -0.3 is 19.9 Å². The van der Waals surface area contributed by atoms with Crippen molar-refractivity contribution in [1.82, 2.24) is 30.3 Å². The van der Waals surface area contributed by atoms with Crippen LogP contribution in [0.3, 0.4) is 0 Å². The lowest BCUT2D eigenvalue weighted by atomic mass is 10.1. The minimum absolute atomic E-state index is 0.0441. The van der Waals surface area contributed by atoms with Gasteiger partial charge in [-0.3, -0.25) is 14.7 Å². The van der Waals surface area contributed by atoms with Crippen LogP contribution in [0.25, 0.3) is 11.4 Å². The van der Waals surface area contributed by atoms with Crippen LogP contribution >= 0.6 is 0 Å². The zero-order valence-corrected chi connectivity index (χ0v) is 17.8. The molecule has 2 saturated heterocycles. The molecule has 1 atom stereocenters. The van der Waals surface area contributed by atoms with Crippen LogP contribution in [0.2, 0.25) is 0 Å². The van der Waals surface area contributed by atoms with Crippen LogP contribution < -0.4 is 5.32 Å². The molecule has 0 bridgehead atoms. The van der Waals surface area contributed by atoms with Crippen LogP contribution in [0.1, 0.15) is 29.6 Å². The highest BCUT2D eigenvalue weighted by atomic mass is 16.5. The van der Waals surface area contributed by atoms with Gasteiger partial charge in [0.15, 0.2) is 5.82 Å². The molecule has 4 rings (SSSR count). The molecule has 0 saturated carbocycles. The number of hydrogen-bond donors (Lipinski definition) is 2. The second-order valence-corrected chi connectivity index (χ2v) is 8.13. The first kappa shape index (κ1) is 21.5. The molecular formula is C22H30N6O3. The average molecular weight is 427 g/mol. The molecule has 9 heteroatoms. The molecule has 1 aromatic carbocycles. The van der Waals surface area contributed by atoms with Crippen molar-refractivity contribution < 1.29 is 14.3 Å². The van der Waals surface area contributed by atoms with Crippen molar-refractivity contribution in [2.75, 3.05) is 52.5 Å². The maximum atomic E-state index is 13.0. The average Bonchev–Trinajstić information content (AvgIpc) is 3.24. The van der Waals surface area contributed by atoms with E-state index < -0.39 is 0 Å². The molecule has 1 aromatic heterocycles. The van der Waals surface area contributed by atoms with Gasteiger partial charge in [0, 0.05) is 37.3 Å². The Morgan fingerprint density at radius 1 is 1.13 bits per heavy atom. The summed E-state index contributed by atoms with van der Waals surface area (Å²) in [6.07, 6.45) is 5.22. The van der Waals surface area contributed by atoms with Crippen molar-refractivity contribution in [1.29, 1.82) is 0 Å². The Kier molecular flexibility index (Phi) is 7.26. The van der Waals surface area contributed by atoms with Crippen molar-refractivity contribution >= 4 is 11.8 Å². The number of ether oxygens (including phenoxy) is 1. The summed E-state index contributed by atoms with van der Waals surface area (Å²) < 4.78 is 5.62. The summed E-state index contributed by atoms with van der Waals surface area (Å²) in [5.41, 5.74) is 1.44. The lowest BCUT2D eigenvalue weighted by molar-refractivity contribution is -0.126. The Bertz CT molecular complexity index is 849. The van der Waals surface area contributed by atoms with Gasteiger partial charge in [-0.2, -0.15) is 5.10 Å². The van der Waals surface area contributed by atoms with E-state index in [1.54, 1.807) is 17.0 Å². The maximum absolute atomic E-state index is 13.0. The van der Waals surface area contributed by atoms with E-state index in [4.69, 9.17) is 4.74 Å². The summed E-state index contributed by atoms with van der Waals surface area (Å²) in [5, 5.41) is 9.69. The largest absolute Gasteiger partial charge is 0.379 e. The number of piperidine rings is 1. The van der Waals surface area contributed by atoms with Crippen LogP contribution in [-0.2, 0) is 9.53 Å². The third kappa shape index (κ3) is 5.68. The van der Waals surface area contributed by atoms with E-state index >= 15 is 0 Å². The highest BCUT2D eigenvalue weighted by molar-refractivity contribution is 5.95. The standard InChI is InChI=1S/C22H30N6O3/c29-21(23-8-11-27-9-2-1-3-10-27)19-14-28(12-13-31-15-19)22(30)18-6-4-17(5-7-18)20-24-16-25-26-20/h4-7,16,19H,1-3,8-15H2,(H,23,29)(H,24,25,26). The number of aromatic nitrogens is 3. The predicted molar refractivity (Wildman–Crippen MR) is 115 cm³/mol. The van der Waals surface area contributed by atoms with E-state index in [2.05, 4.69) is 25.4 Å². The molecule has 0 radical (unpaired) electrons. The van der Waals surface area contributed by atoms with E-state index in [0.29, 0.717) is 44.2 Å². The number of likely N-dealkylation sites (tertiary alicyclic amines) is 1. The summed E-state index contributed by atoms with van der Waals surface area (Å²) >= 11 is 0. The summed E-state index contributed by atoms with van der Waals surface area (Å²) in [4.78, 5) is 34.0. The summed E-state index contributed by atoms with van der Waals surface area (Å²) in [7, 11) is 0. The number of rotatable bonds is 6. The lowest BCUT2D eigenvalue weighted by Crippen LogP contribution is -2.44. The minimum atomic E-state index is -0.360. The van der Waals surface area contributed by atoms with Gasteiger partial charge in [0.2, 0.25) is 5.91 Å². The molecule has 2 aromatic rings. The Labute approximate surface area is 182 Å². The molecular weight excluding hydrogens is 396 g/mol. The molecule has 166 valence electrons. The Morgan fingerprint density at radius 2 is 1.94 bits per heavy atom. The number of H-pyrrole nitrogens is 1. The van der Waals surface area contributed by atoms with Gasteiger partial charge in [0.05, 0.1) is 19.1 Å². The van der Waals surface area contributed by atoms with Gasteiger partial charge in [0.1, 0.15) is 6.33 Å². The van der Waals surface area contributed by atoms with E-state index in [9.17, 15) is 9.59 Å². The van der Waals surface area contributed by atoms with Crippen LogP contribution in [0.5, 0.6) is 0 Å². The number of carbonyl (C=O) groups is 2. The molecule has 2 N–H and O–H groups in total. The number of aromatic amines is 1. The highest BCUT2D eigenvalue weighted by Crippen LogP contribution is 2.17. The summed E-state index contributed by atoms with van der Waals surface area (Å²) in [6.45, 7) is 5.33. The molecule has 2 fully saturated rings. The molecule has 1 unspecified atom stereocenters. The molecule has 31 heavy (non-hydrogen) atoms. The third-order valence-corrected chi connectivity index (χ3v) is 5.92. The zero-order valence-electron chi connectivity index (χ0n) is 17.8. The van der Waals surface area contributed by atoms with E-state index in [1.807, 2.05) is 12.1 Å². The normalized spacial score (nSPS) is 20.3. The van der Waals surface area contributed by atoms with Gasteiger partial charge in [-0.1, -0.05) is 18.6 Å². The molecule has 2 aliphatic rings. The molecule has 2 aliphatic heterocycles. The lowest BCUT2D eigenvalue weighted by Gasteiger charge is -2.27. The molecule has 9 nitrogen and oxygen atoms in total. The van der Waals surface area contributed by atoms with Crippen molar-refractivity contribution in [3.8, 4) is 11.4 Å². The van der Waals surface area contributed by atoms with Gasteiger partial charge in [0.25, 0.3) is 5.91 Å². The summed E-state index contributed by atoms with van der Waals surface area (Å²) in [6, 6.07) is 7.24. The predicted octanol–water partition coefficient (Wildman–Crippen LogP) is 1.16. The van der Waals surface area contributed by atoms with Crippen molar-refractivity contribution in [2.45, 2.75) is 19.3 Å². The fraction of sp³-hybridized carbons (Fsp3) is 0.545. The van der Waals surface area contributed by atoms with E-state index in [-0.39, 0.29) is 17.7 Å². The van der Waals surface area contributed by atoms with Gasteiger partial charge in [-0.25, -0.2) is 4.98 Å². The second kappa shape index (κ2) is 10.5. The number of amides is 2.